The fraction of sp³-hybridized carbons (Fsp3) is 0.421. The summed E-state index contributed by atoms with van der Waals surface area (Å²) < 4.78 is 7.47. The van der Waals surface area contributed by atoms with Crippen LogP contribution in [0.25, 0.3) is 5.69 Å². The Balaban J connectivity index is 1.35. The van der Waals surface area contributed by atoms with Crippen molar-refractivity contribution in [3.63, 3.8) is 0 Å². The average molecular weight is 353 g/mol. The van der Waals surface area contributed by atoms with Crippen molar-refractivity contribution in [3.8, 4) is 5.69 Å². The van der Waals surface area contributed by atoms with E-state index in [4.69, 9.17) is 4.74 Å². The monoisotopic (exact) mass is 353 g/mol. The normalized spacial score (nSPS) is 30.9. The van der Waals surface area contributed by atoms with Crippen molar-refractivity contribution in [1.82, 2.24) is 9.78 Å². The standard InChI is InChI=1S/C19H19N3O4/c1-9-15(19(24)25)8-20-22(9)11-4-2-3-10(5-11)21-18(23)14-7-16-12-6-13(12)17(14)26-16/h2-5,8,12-14,16-17H,6-7H2,1H3,(H,21,23)(H,24,25)/t12-,13+,14-,16+,17+/m1/s1. The Morgan fingerprint density at radius 1 is 1.31 bits per heavy atom. The zero-order chi connectivity index (χ0) is 18.0. The minimum atomic E-state index is -1.01. The van der Waals surface area contributed by atoms with E-state index in [9.17, 15) is 14.7 Å². The van der Waals surface area contributed by atoms with Crippen LogP contribution >= 0.6 is 0 Å². The number of carboxylic acid groups (broad SMARTS) is 1. The molecule has 7 heteroatoms. The van der Waals surface area contributed by atoms with Crippen LogP contribution in [0.1, 0.15) is 28.9 Å². The van der Waals surface area contributed by atoms with Crippen LogP contribution in [0.5, 0.6) is 0 Å². The highest BCUT2D eigenvalue weighted by Crippen LogP contribution is 2.60. The zero-order valence-electron chi connectivity index (χ0n) is 14.3. The number of benzene rings is 1. The second-order valence-corrected chi connectivity index (χ2v) is 7.44. The van der Waals surface area contributed by atoms with Gasteiger partial charge >= 0.3 is 5.97 Å². The third-order valence-corrected chi connectivity index (χ3v) is 5.94. The number of nitrogens with one attached hydrogen (secondary N) is 1. The van der Waals surface area contributed by atoms with E-state index in [0.29, 0.717) is 28.9 Å². The number of carbonyl (C=O) groups excluding carboxylic acids is 1. The summed E-state index contributed by atoms with van der Waals surface area (Å²) in [5.41, 5.74) is 2.09. The van der Waals surface area contributed by atoms with E-state index >= 15 is 0 Å². The first kappa shape index (κ1) is 15.6. The first-order valence-corrected chi connectivity index (χ1v) is 8.87. The van der Waals surface area contributed by atoms with E-state index in [1.807, 2.05) is 18.2 Å². The molecule has 2 saturated heterocycles. The van der Waals surface area contributed by atoms with Crippen molar-refractivity contribution in [3.05, 3.63) is 41.7 Å². The van der Waals surface area contributed by atoms with Crippen molar-refractivity contribution < 1.29 is 19.4 Å². The van der Waals surface area contributed by atoms with E-state index in [1.165, 1.54) is 12.6 Å². The van der Waals surface area contributed by atoms with Crippen LogP contribution in [-0.4, -0.2) is 39.0 Å². The number of nitrogens with zero attached hydrogens (tertiary/aromatic N) is 2. The first-order chi connectivity index (χ1) is 12.5. The Hall–Kier alpha value is -2.67. The number of aromatic nitrogens is 2. The molecule has 0 spiro atoms. The third-order valence-electron chi connectivity index (χ3n) is 5.94. The van der Waals surface area contributed by atoms with E-state index < -0.39 is 5.97 Å². The fourth-order valence-corrected chi connectivity index (χ4v) is 4.54. The number of amides is 1. The number of carbonyl (C=O) groups is 2. The molecule has 0 radical (unpaired) electrons. The summed E-state index contributed by atoms with van der Waals surface area (Å²) in [7, 11) is 0. The molecule has 2 bridgehead atoms. The number of fused-ring (bicyclic) bond motifs is 5. The van der Waals surface area contributed by atoms with Crippen molar-refractivity contribution in [2.45, 2.75) is 32.0 Å². The number of ether oxygens (including phenoxy) is 1. The fourth-order valence-electron chi connectivity index (χ4n) is 4.54. The molecule has 2 N–H and O–H groups in total. The van der Waals surface area contributed by atoms with E-state index in [2.05, 4.69) is 10.4 Å². The van der Waals surface area contributed by atoms with Crippen molar-refractivity contribution in [2.75, 3.05) is 5.32 Å². The van der Waals surface area contributed by atoms with Gasteiger partial charge in [-0.2, -0.15) is 5.10 Å². The second kappa shape index (κ2) is 5.41. The lowest BCUT2D eigenvalue weighted by Crippen LogP contribution is -2.32. The van der Waals surface area contributed by atoms with Crippen molar-refractivity contribution in [2.24, 2.45) is 17.8 Å². The minimum Gasteiger partial charge on any atom is -0.478 e. The SMILES string of the molecule is Cc1c(C(=O)O)cnn1-c1cccc(NC(=O)[C@@H]2C[C@@H]3O[C@H]2[C@H]2C[C@H]23)c1. The van der Waals surface area contributed by atoms with E-state index in [0.717, 1.165) is 6.42 Å². The van der Waals surface area contributed by atoms with Gasteiger partial charge in [-0.1, -0.05) is 6.07 Å². The summed E-state index contributed by atoms with van der Waals surface area (Å²) >= 11 is 0. The number of hydrogen-bond acceptors (Lipinski definition) is 4. The molecule has 1 saturated carbocycles. The predicted octanol–water partition coefficient (Wildman–Crippen LogP) is 2.24. The number of carboxylic acids is 1. The summed E-state index contributed by atoms with van der Waals surface area (Å²) in [6, 6.07) is 7.28. The largest absolute Gasteiger partial charge is 0.478 e. The summed E-state index contributed by atoms with van der Waals surface area (Å²) in [5.74, 6) is 0.198. The van der Waals surface area contributed by atoms with Crippen molar-refractivity contribution >= 4 is 17.6 Å². The van der Waals surface area contributed by atoms with Gasteiger partial charge < -0.3 is 15.2 Å². The molecule has 3 fully saturated rings. The van der Waals surface area contributed by atoms with E-state index in [-0.39, 0.29) is 29.6 Å². The van der Waals surface area contributed by atoms with Gasteiger partial charge in [-0.3, -0.25) is 4.79 Å². The molecule has 5 rings (SSSR count). The van der Waals surface area contributed by atoms with Crippen LogP contribution in [0, 0.1) is 24.7 Å². The molecule has 2 aliphatic heterocycles. The van der Waals surface area contributed by atoms with Gasteiger partial charge in [-0.25, -0.2) is 9.48 Å². The Morgan fingerprint density at radius 3 is 2.85 bits per heavy atom. The molecular formula is C19H19N3O4. The highest BCUT2D eigenvalue weighted by molar-refractivity contribution is 5.93. The van der Waals surface area contributed by atoms with Gasteiger partial charge in [0, 0.05) is 5.69 Å². The van der Waals surface area contributed by atoms with Gasteiger partial charge in [0.15, 0.2) is 0 Å². The van der Waals surface area contributed by atoms with Crippen LogP contribution in [0.2, 0.25) is 0 Å². The van der Waals surface area contributed by atoms with Crippen LogP contribution in [0.4, 0.5) is 5.69 Å². The molecule has 1 aliphatic carbocycles. The molecule has 2 aromatic rings. The van der Waals surface area contributed by atoms with Crippen LogP contribution in [0.15, 0.2) is 30.5 Å². The maximum Gasteiger partial charge on any atom is 0.339 e. The average Bonchev–Trinajstić information content (AvgIpc) is 3.00. The van der Waals surface area contributed by atoms with Crippen LogP contribution in [-0.2, 0) is 9.53 Å². The Kier molecular flexibility index (Phi) is 3.24. The molecule has 1 aromatic carbocycles. The number of hydrogen-bond donors (Lipinski definition) is 2. The van der Waals surface area contributed by atoms with Crippen LogP contribution < -0.4 is 5.32 Å². The third kappa shape index (κ3) is 2.27. The maximum absolute atomic E-state index is 12.7. The van der Waals surface area contributed by atoms with Gasteiger partial charge in [0.05, 0.1) is 35.7 Å². The zero-order valence-corrected chi connectivity index (χ0v) is 14.3. The molecule has 5 atom stereocenters. The maximum atomic E-state index is 12.7. The Morgan fingerprint density at radius 2 is 2.15 bits per heavy atom. The summed E-state index contributed by atoms with van der Waals surface area (Å²) in [6.07, 6.45) is 3.71. The molecule has 26 heavy (non-hydrogen) atoms. The molecule has 3 heterocycles. The van der Waals surface area contributed by atoms with Gasteiger partial charge in [-0.05, 0) is 49.8 Å². The minimum absolute atomic E-state index is 0.00316. The Bertz CT molecular complexity index is 921. The lowest BCUT2D eigenvalue weighted by atomic mass is 9.88. The lowest BCUT2D eigenvalue weighted by Gasteiger charge is -2.18. The molecule has 7 nitrogen and oxygen atoms in total. The molecule has 1 amide bonds. The first-order valence-electron chi connectivity index (χ1n) is 8.87. The van der Waals surface area contributed by atoms with Gasteiger partial charge in [0.1, 0.15) is 5.56 Å². The number of aromatic carboxylic acids is 1. The molecule has 1 aromatic heterocycles. The smallest absolute Gasteiger partial charge is 0.339 e. The second-order valence-electron chi connectivity index (χ2n) is 7.44. The summed E-state index contributed by atoms with van der Waals surface area (Å²) in [5, 5.41) is 16.3. The molecule has 0 unspecified atom stereocenters. The van der Waals surface area contributed by atoms with Gasteiger partial charge in [0.25, 0.3) is 0 Å². The molecule has 134 valence electrons. The highest BCUT2D eigenvalue weighted by atomic mass is 16.5. The van der Waals surface area contributed by atoms with Crippen LogP contribution in [0.3, 0.4) is 0 Å². The quantitative estimate of drug-likeness (QED) is 0.879. The Labute approximate surface area is 150 Å². The number of anilines is 1. The number of rotatable bonds is 4. The van der Waals surface area contributed by atoms with E-state index in [1.54, 1.807) is 17.7 Å². The summed E-state index contributed by atoms with van der Waals surface area (Å²) in [4.78, 5) is 23.9. The molecular weight excluding hydrogens is 334 g/mol. The van der Waals surface area contributed by atoms with Crippen molar-refractivity contribution in [1.29, 1.82) is 0 Å². The van der Waals surface area contributed by atoms with Gasteiger partial charge in [-0.15, -0.1) is 0 Å². The topological polar surface area (TPSA) is 93.5 Å². The predicted molar refractivity (Wildman–Crippen MR) is 92.3 cm³/mol. The highest BCUT2D eigenvalue weighted by Gasteiger charge is 2.64. The summed E-state index contributed by atoms with van der Waals surface area (Å²) in [6.45, 7) is 1.71. The lowest BCUT2D eigenvalue weighted by molar-refractivity contribution is -0.121. The molecule has 3 aliphatic rings. The van der Waals surface area contributed by atoms with Gasteiger partial charge in [0.2, 0.25) is 5.91 Å².